The molecule has 0 amide bonds. The number of piperidine rings is 1. The minimum absolute atomic E-state index is 0.543. The van der Waals surface area contributed by atoms with Crippen LogP contribution in [0, 0.1) is 6.92 Å². The summed E-state index contributed by atoms with van der Waals surface area (Å²) in [7, 11) is 0. The van der Waals surface area contributed by atoms with Gasteiger partial charge < -0.3 is 9.73 Å². The Balaban J connectivity index is 1.82. The Morgan fingerprint density at radius 3 is 3.12 bits per heavy atom. The molecule has 4 heteroatoms. The van der Waals surface area contributed by atoms with Crippen molar-refractivity contribution >= 4 is 0 Å². The van der Waals surface area contributed by atoms with Gasteiger partial charge in [0.1, 0.15) is 12.1 Å². The van der Waals surface area contributed by atoms with Gasteiger partial charge in [-0.25, -0.2) is 4.98 Å². The number of hydrogen-bond acceptors (Lipinski definition) is 3. The lowest BCUT2D eigenvalue weighted by molar-refractivity contribution is 0.455. The summed E-state index contributed by atoms with van der Waals surface area (Å²) < 4.78 is 7.53. The molecule has 0 aliphatic carbocycles. The number of nitrogens with zero attached hydrogens (tertiary/aromatic N) is 2. The summed E-state index contributed by atoms with van der Waals surface area (Å²) >= 11 is 0. The third-order valence-electron chi connectivity index (χ3n) is 3.30. The van der Waals surface area contributed by atoms with Crippen LogP contribution in [0.5, 0.6) is 0 Å². The number of imidazole rings is 1. The third-order valence-corrected chi connectivity index (χ3v) is 3.30. The third kappa shape index (κ3) is 2.13. The largest absolute Gasteiger partial charge is 0.445 e. The summed E-state index contributed by atoms with van der Waals surface area (Å²) in [5.41, 5.74) is 1.16. The molecule has 1 N–H and O–H groups in total. The van der Waals surface area contributed by atoms with E-state index >= 15 is 0 Å². The highest BCUT2D eigenvalue weighted by atomic mass is 16.4. The standard InChI is InChI=1S/C13H17N3O/c1-10-4-5-13(17-10)16-8-12(15-9-16)11-3-2-6-14-7-11/h4-5,8-9,11,14H,2-3,6-7H2,1H3/t11-/m0/s1. The van der Waals surface area contributed by atoms with Gasteiger partial charge >= 0.3 is 0 Å². The van der Waals surface area contributed by atoms with E-state index in [1.54, 1.807) is 0 Å². The van der Waals surface area contributed by atoms with Crippen molar-refractivity contribution in [1.29, 1.82) is 0 Å². The zero-order valence-electron chi connectivity index (χ0n) is 10.0. The molecule has 3 heterocycles. The van der Waals surface area contributed by atoms with Crippen molar-refractivity contribution in [2.45, 2.75) is 25.7 Å². The fraction of sp³-hybridized carbons (Fsp3) is 0.462. The van der Waals surface area contributed by atoms with Crippen molar-refractivity contribution in [2.75, 3.05) is 13.1 Å². The minimum Gasteiger partial charge on any atom is -0.445 e. The number of aromatic nitrogens is 2. The van der Waals surface area contributed by atoms with Crippen LogP contribution in [0.25, 0.3) is 5.88 Å². The van der Waals surface area contributed by atoms with Gasteiger partial charge in [0.25, 0.3) is 0 Å². The first-order valence-electron chi connectivity index (χ1n) is 6.14. The number of rotatable bonds is 2. The highest BCUT2D eigenvalue weighted by molar-refractivity contribution is 5.23. The lowest BCUT2D eigenvalue weighted by Crippen LogP contribution is -2.28. The average molecular weight is 231 g/mol. The van der Waals surface area contributed by atoms with Crippen LogP contribution in [-0.4, -0.2) is 22.6 Å². The molecule has 0 bridgehead atoms. The maximum Gasteiger partial charge on any atom is 0.204 e. The zero-order chi connectivity index (χ0) is 11.7. The van der Waals surface area contributed by atoms with Crippen molar-refractivity contribution in [3.05, 3.63) is 36.1 Å². The summed E-state index contributed by atoms with van der Waals surface area (Å²) in [6, 6.07) is 3.94. The van der Waals surface area contributed by atoms with Crippen LogP contribution in [-0.2, 0) is 0 Å². The van der Waals surface area contributed by atoms with Gasteiger partial charge in [0.05, 0.1) is 5.69 Å². The van der Waals surface area contributed by atoms with Gasteiger partial charge in [-0.15, -0.1) is 0 Å². The van der Waals surface area contributed by atoms with Crippen molar-refractivity contribution in [3.63, 3.8) is 0 Å². The highest BCUT2D eigenvalue weighted by Crippen LogP contribution is 2.22. The van der Waals surface area contributed by atoms with E-state index in [0.717, 1.165) is 30.4 Å². The summed E-state index contributed by atoms with van der Waals surface area (Å²) in [5.74, 6) is 2.31. The molecule has 0 unspecified atom stereocenters. The molecule has 1 aliphatic rings. The second kappa shape index (κ2) is 4.37. The lowest BCUT2D eigenvalue weighted by atomic mass is 9.97. The quantitative estimate of drug-likeness (QED) is 0.862. The molecule has 2 aromatic heterocycles. The van der Waals surface area contributed by atoms with Crippen molar-refractivity contribution < 1.29 is 4.42 Å². The first-order chi connectivity index (χ1) is 8.33. The lowest BCUT2D eigenvalue weighted by Gasteiger charge is -2.20. The van der Waals surface area contributed by atoms with Gasteiger partial charge in [-0.05, 0) is 32.4 Å². The molecule has 1 atom stereocenters. The SMILES string of the molecule is Cc1ccc(-n2cnc([C@H]3CCCNC3)c2)o1. The van der Waals surface area contributed by atoms with E-state index in [2.05, 4.69) is 16.5 Å². The second-order valence-electron chi connectivity index (χ2n) is 4.63. The van der Waals surface area contributed by atoms with E-state index in [-0.39, 0.29) is 0 Å². The van der Waals surface area contributed by atoms with Crippen LogP contribution in [0.2, 0.25) is 0 Å². The Morgan fingerprint density at radius 2 is 2.41 bits per heavy atom. The summed E-state index contributed by atoms with van der Waals surface area (Å²) in [5, 5.41) is 3.41. The molecule has 1 saturated heterocycles. The number of hydrogen-bond donors (Lipinski definition) is 1. The Kier molecular flexibility index (Phi) is 2.73. The van der Waals surface area contributed by atoms with Crippen LogP contribution in [0.3, 0.4) is 0 Å². The van der Waals surface area contributed by atoms with Crippen LogP contribution < -0.4 is 5.32 Å². The van der Waals surface area contributed by atoms with Gasteiger partial charge in [-0.1, -0.05) is 0 Å². The topological polar surface area (TPSA) is 43.0 Å². The van der Waals surface area contributed by atoms with Gasteiger partial charge in [-0.3, -0.25) is 4.57 Å². The average Bonchev–Trinajstić information content (AvgIpc) is 2.98. The molecular weight excluding hydrogens is 214 g/mol. The fourth-order valence-electron chi connectivity index (χ4n) is 2.33. The minimum atomic E-state index is 0.543. The molecule has 4 nitrogen and oxygen atoms in total. The van der Waals surface area contributed by atoms with Crippen LogP contribution in [0.4, 0.5) is 0 Å². The molecule has 2 aromatic rings. The van der Waals surface area contributed by atoms with Crippen molar-refractivity contribution in [2.24, 2.45) is 0 Å². The number of furan rings is 1. The first-order valence-corrected chi connectivity index (χ1v) is 6.14. The molecule has 3 rings (SSSR count). The van der Waals surface area contributed by atoms with E-state index in [1.165, 1.54) is 12.8 Å². The highest BCUT2D eigenvalue weighted by Gasteiger charge is 2.17. The van der Waals surface area contributed by atoms with E-state index in [0.29, 0.717) is 5.92 Å². The van der Waals surface area contributed by atoms with Gasteiger partial charge in [0.15, 0.2) is 0 Å². The maximum absolute atomic E-state index is 5.58. The molecule has 1 aliphatic heterocycles. The predicted octanol–water partition coefficient (Wildman–Crippen LogP) is 2.24. The molecule has 90 valence electrons. The van der Waals surface area contributed by atoms with E-state index in [1.807, 2.05) is 30.0 Å². The van der Waals surface area contributed by atoms with Crippen molar-refractivity contribution in [3.8, 4) is 5.88 Å². The Bertz CT molecular complexity index is 494. The Hall–Kier alpha value is -1.55. The second-order valence-corrected chi connectivity index (χ2v) is 4.63. The normalized spacial score (nSPS) is 20.6. The van der Waals surface area contributed by atoms with Gasteiger partial charge in [-0.2, -0.15) is 0 Å². The summed E-state index contributed by atoms with van der Waals surface area (Å²) in [4.78, 5) is 4.49. The summed E-state index contributed by atoms with van der Waals surface area (Å²) in [6.45, 7) is 4.12. The fourth-order valence-corrected chi connectivity index (χ4v) is 2.33. The zero-order valence-corrected chi connectivity index (χ0v) is 10.0. The molecule has 17 heavy (non-hydrogen) atoms. The van der Waals surface area contributed by atoms with E-state index < -0.39 is 0 Å². The molecule has 0 saturated carbocycles. The van der Waals surface area contributed by atoms with Gasteiger partial charge in [0.2, 0.25) is 5.88 Å². The molecule has 0 aromatic carbocycles. The molecule has 0 spiro atoms. The summed E-state index contributed by atoms with van der Waals surface area (Å²) in [6.07, 6.45) is 6.37. The number of nitrogens with one attached hydrogen (secondary N) is 1. The molecular formula is C13H17N3O. The molecule has 1 fully saturated rings. The smallest absolute Gasteiger partial charge is 0.204 e. The predicted molar refractivity (Wildman–Crippen MR) is 65.4 cm³/mol. The van der Waals surface area contributed by atoms with Crippen LogP contribution in [0.15, 0.2) is 29.1 Å². The van der Waals surface area contributed by atoms with Crippen molar-refractivity contribution in [1.82, 2.24) is 14.9 Å². The first kappa shape index (κ1) is 10.6. The van der Waals surface area contributed by atoms with E-state index in [9.17, 15) is 0 Å². The van der Waals surface area contributed by atoms with Crippen LogP contribution in [0.1, 0.15) is 30.2 Å². The van der Waals surface area contributed by atoms with Gasteiger partial charge in [0, 0.05) is 24.7 Å². The Morgan fingerprint density at radius 1 is 1.47 bits per heavy atom. The Labute approximate surface area is 101 Å². The van der Waals surface area contributed by atoms with E-state index in [4.69, 9.17) is 4.42 Å². The van der Waals surface area contributed by atoms with Crippen LogP contribution >= 0.6 is 0 Å². The maximum atomic E-state index is 5.58. The molecule has 0 radical (unpaired) electrons. The number of aryl methyl sites for hydroxylation is 1. The monoisotopic (exact) mass is 231 g/mol.